The van der Waals surface area contributed by atoms with Crippen LogP contribution in [0.15, 0.2) is 48.6 Å². The summed E-state index contributed by atoms with van der Waals surface area (Å²) in [5.41, 5.74) is 0. The SMILES string of the molecule is CC/C=C\C/C=C\C/C=C\CCCCCCCCCC(=O)OC(COC(=O)CCCCCCCCCCCCCCCCCCCCCCCCCCCCC/C=C\CCCCCCCCCC)COP(=O)([O-])OCC[N+](C)(C)C. The minimum absolute atomic E-state index is 0.0324. The van der Waals surface area contributed by atoms with Crippen LogP contribution in [0.25, 0.3) is 0 Å². The summed E-state index contributed by atoms with van der Waals surface area (Å²) in [4.78, 5) is 37.9. The van der Waals surface area contributed by atoms with E-state index in [1.54, 1.807) is 0 Å². The average Bonchev–Trinajstić information content (AvgIpc) is 3.42. The smallest absolute Gasteiger partial charge is 0.306 e. The number of esters is 2. The van der Waals surface area contributed by atoms with Crippen molar-refractivity contribution in [3.8, 4) is 0 Å². The van der Waals surface area contributed by atoms with E-state index >= 15 is 0 Å². The average molecular weight is 1150 g/mol. The van der Waals surface area contributed by atoms with Crippen LogP contribution >= 0.6 is 7.82 Å². The minimum atomic E-state index is -4.64. The first-order valence-corrected chi connectivity index (χ1v) is 35.8. The molecule has 0 aliphatic carbocycles. The summed E-state index contributed by atoms with van der Waals surface area (Å²) in [6, 6.07) is 0. The van der Waals surface area contributed by atoms with Gasteiger partial charge in [-0.3, -0.25) is 14.2 Å². The van der Waals surface area contributed by atoms with Crippen molar-refractivity contribution in [3.05, 3.63) is 48.6 Å². The van der Waals surface area contributed by atoms with E-state index in [-0.39, 0.29) is 32.0 Å². The van der Waals surface area contributed by atoms with Crippen LogP contribution in [0.5, 0.6) is 0 Å². The Kier molecular flexibility index (Phi) is 60.0. The maximum Gasteiger partial charge on any atom is 0.306 e. The van der Waals surface area contributed by atoms with E-state index in [0.29, 0.717) is 17.4 Å². The molecule has 0 spiro atoms. The molecule has 0 aliphatic heterocycles. The van der Waals surface area contributed by atoms with Crippen LogP contribution < -0.4 is 4.89 Å². The number of allylic oxidation sites excluding steroid dienone is 8. The number of carbonyl (C=O) groups is 2. The standard InChI is InChI=1S/C70H132NO8P/c1-6-8-10-12-14-16-18-20-22-24-25-26-27-28-29-30-31-32-33-34-35-36-37-38-39-40-41-42-43-44-45-47-48-50-52-54-56-58-60-62-69(72)76-66-68(67-78-80(74,75)77-65-64-71(3,4)5)79-70(73)63-61-59-57-55-53-51-49-46-23-21-19-17-15-13-11-9-7-2/h9,11,15,17,21,23-25,68H,6-8,10,12-14,16,18-20,22,26-67H2,1-5H3/b11-9-,17-15-,23-21-,25-24-. The molecular formula is C70H132NO8P. The molecule has 0 aromatic rings. The first-order valence-electron chi connectivity index (χ1n) is 34.3. The van der Waals surface area contributed by atoms with E-state index < -0.39 is 26.5 Å². The predicted octanol–water partition coefficient (Wildman–Crippen LogP) is 21.4. The van der Waals surface area contributed by atoms with Crippen molar-refractivity contribution < 1.29 is 42.1 Å². The molecule has 0 radical (unpaired) electrons. The fourth-order valence-corrected chi connectivity index (χ4v) is 10.8. The Labute approximate surface area is 496 Å². The normalized spacial score (nSPS) is 13.4. The zero-order valence-corrected chi connectivity index (χ0v) is 54.4. The summed E-state index contributed by atoms with van der Waals surface area (Å²) < 4.78 is 34.2. The summed E-state index contributed by atoms with van der Waals surface area (Å²) in [7, 11) is 1.17. The van der Waals surface area contributed by atoms with E-state index in [2.05, 4.69) is 62.5 Å². The highest BCUT2D eigenvalue weighted by Gasteiger charge is 2.22. The lowest BCUT2D eigenvalue weighted by Gasteiger charge is -2.28. The van der Waals surface area contributed by atoms with Gasteiger partial charge in [0.05, 0.1) is 27.7 Å². The van der Waals surface area contributed by atoms with Gasteiger partial charge in [0.25, 0.3) is 7.82 Å². The lowest BCUT2D eigenvalue weighted by molar-refractivity contribution is -0.870. The fraction of sp³-hybridized carbons (Fsp3) is 0.857. The molecule has 0 N–H and O–H groups in total. The van der Waals surface area contributed by atoms with Gasteiger partial charge in [-0.15, -0.1) is 0 Å². The molecule has 0 aromatic carbocycles. The Morgan fingerprint density at radius 2 is 0.713 bits per heavy atom. The molecule has 0 fully saturated rings. The zero-order chi connectivity index (χ0) is 58.4. The van der Waals surface area contributed by atoms with Gasteiger partial charge < -0.3 is 27.9 Å². The van der Waals surface area contributed by atoms with Gasteiger partial charge in [-0.05, 0) is 70.6 Å². The van der Waals surface area contributed by atoms with Gasteiger partial charge in [0.1, 0.15) is 19.8 Å². The second-order valence-electron chi connectivity index (χ2n) is 24.5. The third-order valence-electron chi connectivity index (χ3n) is 15.3. The van der Waals surface area contributed by atoms with Crippen molar-refractivity contribution in [1.82, 2.24) is 0 Å². The van der Waals surface area contributed by atoms with E-state index in [9.17, 15) is 19.0 Å². The Balaban J connectivity index is 3.87. The third kappa shape index (κ3) is 65.1. The Bertz CT molecular complexity index is 1490. The number of phosphoric acid groups is 1. The van der Waals surface area contributed by atoms with Crippen LogP contribution in [0.1, 0.15) is 335 Å². The number of hydrogen-bond acceptors (Lipinski definition) is 8. The number of ether oxygens (including phenoxy) is 2. The fourth-order valence-electron chi connectivity index (χ4n) is 10.1. The number of quaternary nitrogens is 1. The Hall–Kier alpha value is -2.03. The van der Waals surface area contributed by atoms with Crippen molar-refractivity contribution in [3.63, 3.8) is 0 Å². The summed E-state index contributed by atoms with van der Waals surface area (Å²) in [6.07, 6.45) is 79.3. The second kappa shape index (κ2) is 61.5. The third-order valence-corrected chi connectivity index (χ3v) is 16.3. The van der Waals surface area contributed by atoms with Gasteiger partial charge in [-0.2, -0.15) is 0 Å². The Morgan fingerprint density at radius 1 is 0.400 bits per heavy atom. The molecule has 470 valence electrons. The molecule has 2 unspecified atom stereocenters. The van der Waals surface area contributed by atoms with Gasteiger partial charge in [0.2, 0.25) is 0 Å². The molecule has 0 amide bonds. The summed E-state index contributed by atoms with van der Waals surface area (Å²) in [5.74, 6) is -0.832. The number of nitrogens with zero attached hydrogens (tertiary/aromatic N) is 1. The van der Waals surface area contributed by atoms with Gasteiger partial charge in [0, 0.05) is 12.8 Å². The molecule has 0 heterocycles. The van der Waals surface area contributed by atoms with Crippen molar-refractivity contribution in [2.24, 2.45) is 0 Å². The highest BCUT2D eigenvalue weighted by molar-refractivity contribution is 7.45. The predicted molar refractivity (Wildman–Crippen MR) is 342 cm³/mol. The second-order valence-corrected chi connectivity index (χ2v) is 25.9. The van der Waals surface area contributed by atoms with Gasteiger partial charge in [0.15, 0.2) is 6.10 Å². The van der Waals surface area contributed by atoms with Crippen LogP contribution in [0, 0.1) is 0 Å². The van der Waals surface area contributed by atoms with Gasteiger partial charge in [-0.25, -0.2) is 0 Å². The van der Waals surface area contributed by atoms with E-state index in [0.717, 1.165) is 64.2 Å². The number of phosphoric ester groups is 1. The van der Waals surface area contributed by atoms with E-state index in [4.69, 9.17) is 18.5 Å². The molecule has 0 rings (SSSR count). The van der Waals surface area contributed by atoms with Gasteiger partial charge in [-0.1, -0.05) is 300 Å². The largest absolute Gasteiger partial charge is 0.756 e. The molecule has 0 bridgehead atoms. The first-order chi connectivity index (χ1) is 39.0. The van der Waals surface area contributed by atoms with E-state index in [1.807, 2.05) is 21.1 Å². The van der Waals surface area contributed by atoms with Crippen molar-refractivity contribution in [2.75, 3.05) is 47.5 Å². The van der Waals surface area contributed by atoms with Crippen LogP contribution in [-0.4, -0.2) is 70.0 Å². The molecular weight excluding hydrogens is 1010 g/mol. The van der Waals surface area contributed by atoms with Crippen molar-refractivity contribution in [2.45, 2.75) is 341 Å². The molecule has 10 heteroatoms. The molecule has 80 heavy (non-hydrogen) atoms. The maximum absolute atomic E-state index is 12.8. The molecule has 0 aliphatic rings. The molecule has 2 atom stereocenters. The Morgan fingerprint density at radius 3 is 1.07 bits per heavy atom. The first kappa shape index (κ1) is 78.0. The summed E-state index contributed by atoms with van der Waals surface area (Å²) in [5, 5.41) is 0. The zero-order valence-electron chi connectivity index (χ0n) is 53.5. The summed E-state index contributed by atoms with van der Waals surface area (Å²) >= 11 is 0. The van der Waals surface area contributed by atoms with Crippen molar-refractivity contribution in [1.29, 1.82) is 0 Å². The topological polar surface area (TPSA) is 111 Å². The molecule has 9 nitrogen and oxygen atoms in total. The number of unbranched alkanes of at least 4 members (excludes halogenated alkanes) is 42. The van der Waals surface area contributed by atoms with Gasteiger partial charge >= 0.3 is 11.9 Å². The van der Waals surface area contributed by atoms with Crippen LogP contribution in [0.3, 0.4) is 0 Å². The summed E-state index contributed by atoms with van der Waals surface area (Å²) in [6.45, 7) is 4.16. The number of carbonyl (C=O) groups excluding carboxylic acids is 2. The van der Waals surface area contributed by atoms with Crippen LogP contribution in [0.4, 0.5) is 0 Å². The molecule has 0 saturated carbocycles. The minimum Gasteiger partial charge on any atom is -0.756 e. The highest BCUT2D eigenvalue weighted by atomic mass is 31.2. The lowest BCUT2D eigenvalue weighted by Crippen LogP contribution is -2.37. The van der Waals surface area contributed by atoms with Crippen LogP contribution in [0.2, 0.25) is 0 Å². The molecule has 0 aromatic heterocycles. The lowest BCUT2D eigenvalue weighted by atomic mass is 10.0. The van der Waals surface area contributed by atoms with Crippen molar-refractivity contribution >= 4 is 19.8 Å². The number of likely N-dealkylation sites (N-methyl/N-ethyl adjacent to an activating group) is 1. The number of rotatable bonds is 64. The van der Waals surface area contributed by atoms with Crippen LogP contribution in [-0.2, 0) is 32.7 Å². The molecule has 0 saturated heterocycles. The monoisotopic (exact) mass is 1150 g/mol. The quantitative estimate of drug-likeness (QED) is 0.0195. The number of hydrogen-bond donors (Lipinski definition) is 0. The van der Waals surface area contributed by atoms with E-state index in [1.165, 1.54) is 238 Å². The highest BCUT2D eigenvalue weighted by Crippen LogP contribution is 2.38. The maximum atomic E-state index is 12.8.